The highest BCUT2D eigenvalue weighted by Gasteiger charge is 2.11. The second-order valence-corrected chi connectivity index (χ2v) is 4.33. The maximum atomic E-state index is 11.9. The summed E-state index contributed by atoms with van der Waals surface area (Å²) in [6.07, 6.45) is 0. The van der Waals surface area contributed by atoms with Crippen LogP contribution in [0.4, 0.5) is 5.69 Å². The number of benzene rings is 1. The van der Waals surface area contributed by atoms with Gasteiger partial charge >= 0.3 is 0 Å². The lowest BCUT2D eigenvalue weighted by molar-refractivity contribution is -0.119. The van der Waals surface area contributed by atoms with Gasteiger partial charge in [-0.2, -0.15) is 0 Å². The predicted octanol–water partition coefficient (Wildman–Crippen LogP) is 2.02. The van der Waals surface area contributed by atoms with Crippen LogP contribution >= 0.6 is 0 Å². The van der Waals surface area contributed by atoms with Crippen molar-refractivity contribution in [1.29, 1.82) is 0 Å². The molecule has 1 aromatic carbocycles. The largest absolute Gasteiger partial charge is 0.380 e. The Balaban J connectivity index is 2.48. The molecular weight excluding hydrogens is 228 g/mol. The summed E-state index contributed by atoms with van der Waals surface area (Å²) in [5.41, 5.74) is 1.92. The van der Waals surface area contributed by atoms with E-state index < -0.39 is 0 Å². The smallest absolute Gasteiger partial charge is 0.228 e. The molecule has 0 aliphatic carbocycles. The van der Waals surface area contributed by atoms with Crippen LogP contribution in [0.2, 0.25) is 0 Å². The first-order valence-corrected chi connectivity index (χ1v) is 6.26. The van der Waals surface area contributed by atoms with E-state index in [0.717, 1.165) is 17.8 Å². The van der Waals surface area contributed by atoms with Crippen LogP contribution in [0.3, 0.4) is 0 Å². The Morgan fingerprint density at radius 2 is 2.00 bits per heavy atom. The summed E-state index contributed by atoms with van der Waals surface area (Å²) in [6, 6.07) is 7.70. The van der Waals surface area contributed by atoms with E-state index in [1.54, 1.807) is 7.11 Å². The van der Waals surface area contributed by atoms with Gasteiger partial charge in [-0.3, -0.25) is 4.79 Å². The number of carbonyl (C=O) groups is 1. The number of hydrogen-bond acceptors (Lipinski definition) is 3. The zero-order chi connectivity index (χ0) is 13.4. The van der Waals surface area contributed by atoms with Gasteiger partial charge in [0.1, 0.15) is 0 Å². The monoisotopic (exact) mass is 250 g/mol. The van der Waals surface area contributed by atoms with Gasteiger partial charge in [0.05, 0.1) is 6.61 Å². The van der Waals surface area contributed by atoms with E-state index in [9.17, 15) is 4.79 Å². The zero-order valence-electron chi connectivity index (χ0n) is 11.3. The third-order valence-corrected chi connectivity index (χ3v) is 2.68. The maximum absolute atomic E-state index is 11.9. The molecular formula is C14H22N2O2. The second-order valence-electron chi connectivity index (χ2n) is 4.33. The number of rotatable bonds is 7. The first-order chi connectivity index (χ1) is 8.67. The van der Waals surface area contributed by atoms with Crippen LogP contribution in [0, 0.1) is 5.92 Å². The summed E-state index contributed by atoms with van der Waals surface area (Å²) in [4.78, 5) is 11.9. The van der Waals surface area contributed by atoms with E-state index >= 15 is 0 Å². The molecule has 1 atom stereocenters. The first kappa shape index (κ1) is 14.7. The van der Waals surface area contributed by atoms with E-state index in [-0.39, 0.29) is 11.8 Å². The van der Waals surface area contributed by atoms with Crippen LogP contribution in [-0.2, 0) is 16.1 Å². The Morgan fingerprint density at radius 1 is 1.33 bits per heavy atom. The summed E-state index contributed by atoms with van der Waals surface area (Å²) in [5, 5.41) is 6.06. The molecule has 0 radical (unpaired) electrons. The molecule has 18 heavy (non-hydrogen) atoms. The molecule has 1 rings (SSSR count). The van der Waals surface area contributed by atoms with Gasteiger partial charge in [0.25, 0.3) is 0 Å². The molecule has 0 aliphatic rings. The molecule has 0 aromatic heterocycles. The van der Waals surface area contributed by atoms with Crippen molar-refractivity contribution in [2.75, 3.05) is 25.5 Å². The van der Waals surface area contributed by atoms with Crippen molar-refractivity contribution < 1.29 is 9.53 Å². The lowest BCUT2D eigenvalue weighted by Gasteiger charge is -2.12. The van der Waals surface area contributed by atoms with Crippen LogP contribution in [0.5, 0.6) is 0 Å². The van der Waals surface area contributed by atoms with Crippen molar-refractivity contribution in [3.63, 3.8) is 0 Å². The fourth-order valence-electron chi connectivity index (χ4n) is 1.57. The van der Waals surface area contributed by atoms with Gasteiger partial charge in [-0.05, 0) is 24.2 Å². The Labute approximate surface area is 109 Å². The molecule has 0 bridgehead atoms. The van der Waals surface area contributed by atoms with Gasteiger partial charge in [0.15, 0.2) is 0 Å². The van der Waals surface area contributed by atoms with Crippen molar-refractivity contribution in [2.24, 2.45) is 5.92 Å². The highest BCUT2D eigenvalue weighted by Crippen LogP contribution is 2.11. The predicted molar refractivity (Wildman–Crippen MR) is 73.5 cm³/mol. The van der Waals surface area contributed by atoms with Gasteiger partial charge in [-0.1, -0.05) is 26.0 Å². The summed E-state index contributed by atoms with van der Waals surface area (Å²) < 4.78 is 5.04. The molecule has 1 aromatic rings. The third kappa shape index (κ3) is 4.85. The maximum Gasteiger partial charge on any atom is 0.228 e. The number of ether oxygens (including phenoxy) is 1. The topological polar surface area (TPSA) is 50.4 Å². The van der Waals surface area contributed by atoms with E-state index in [4.69, 9.17) is 4.74 Å². The summed E-state index contributed by atoms with van der Waals surface area (Å²) >= 11 is 0. The molecule has 2 N–H and O–H groups in total. The van der Waals surface area contributed by atoms with Gasteiger partial charge in [0.2, 0.25) is 5.91 Å². The summed E-state index contributed by atoms with van der Waals surface area (Å²) in [5.74, 6) is -0.000886. The van der Waals surface area contributed by atoms with Crippen LogP contribution < -0.4 is 10.6 Å². The molecule has 1 unspecified atom stereocenters. The SMILES string of the molecule is CCNCC(C)C(=O)Nc1ccc(COC)cc1. The molecule has 0 aliphatic heterocycles. The number of nitrogens with one attached hydrogen (secondary N) is 2. The minimum Gasteiger partial charge on any atom is -0.380 e. The zero-order valence-corrected chi connectivity index (χ0v) is 11.3. The normalized spacial score (nSPS) is 12.2. The quantitative estimate of drug-likeness (QED) is 0.778. The highest BCUT2D eigenvalue weighted by atomic mass is 16.5. The van der Waals surface area contributed by atoms with Crippen molar-refractivity contribution in [3.8, 4) is 0 Å². The second kappa shape index (κ2) is 7.84. The summed E-state index contributed by atoms with van der Waals surface area (Å²) in [6.45, 7) is 6.11. The van der Waals surface area contributed by atoms with E-state index in [0.29, 0.717) is 13.2 Å². The van der Waals surface area contributed by atoms with Crippen molar-refractivity contribution >= 4 is 11.6 Å². The lowest BCUT2D eigenvalue weighted by Crippen LogP contribution is -2.30. The van der Waals surface area contributed by atoms with Crippen LogP contribution in [0.25, 0.3) is 0 Å². The summed E-state index contributed by atoms with van der Waals surface area (Å²) in [7, 11) is 1.66. The fraction of sp³-hybridized carbons (Fsp3) is 0.500. The third-order valence-electron chi connectivity index (χ3n) is 2.68. The van der Waals surface area contributed by atoms with E-state index in [1.165, 1.54) is 0 Å². The molecule has 1 amide bonds. The molecule has 4 heteroatoms. The van der Waals surface area contributed by atoms with Crippen LogP contribution in [0.15, 0.2) is 24.3 Å². The molecule has 0 saturated carbocycles. The number of carbonyl (C=O) groups excluding carboxylic acids is 1. The van der Waals surface area contributed by atoms with Crippen molar-refractivity contribution in [3.05, 3.63) is 29.8 Å². The molecule has 0 fully saturated rings. The van der Waals surface area contributed by atoms with Crippen molar-refractivity contribution in [2.45, 2.75) is 20.5 Å². The van der Waals surface area contributed by atoms with Crippen LogP contribution in [-0.4, -0.2) is 26.1 Å². The number of amides is 1. The Morgan fingerprint density at radius 3 is 2.56 bits per heavy atom. The van der Waals surface area contributed by atoms with E-state index in [1.807, 2.05) is 38.1 Å². The molecule has 4 nitrogen and oxygen atoms in total. The average Bonchev–Trinajstić information content (AvgIpc) is 2.38. The van der Waals surface area contributed by atoms with Gasteiger partial charge in [-0.15, -0.1) is 0 Å². The number of hydrogen-bond donors (Lipinski definition) is 2. The Bertz CT molecular complexity index is 363. The fourth-order valence-corrected chi connectivity index (χ4v) is 1.57. The average molecular weight is 250 g/mol. The number of methoxy groups -OCH3 is 1. The van der Waals surface area contributed by atoms with Crippen molar-refractivity contribution in [1.82, 2.24) is 5.32 Å². The van der Waals surface area contributed by atoms with Gasteiger partial charge in [0, 0.05) is 25.3 Å². The number of anilines is 1. The van der Waals surface area contributed by atoms with Gasteiger partial charge < -0.3 is 15.4 Å². The lowest BCUT2D eigenvalue weighted by atomic mass is 10.1. The molecule has 0 spiro atoms. The van der Waals surface area contributed by atoms with Crippen LogP contribution in [0.1, 0.15) is 19.4 Å². The molecule has 0 saturated heterocycles. The first-order valence-electron chi connectivity index (χ1n) is 6.26. The standard InChI is InChI=1S/C14H22N2O2/c1-4-15-9-11(2)14(17)16-13-7-5-12(6-8-13)10-18-3/h5-8,11,15H,4,9-10H2,1-3H3,(H,16,17). The minimum absolute atomic E-state index is 0.0374. The molecule has 100 valence electrons. The minimum atomic E-state index is -0.0383. The Kier molecular flexibility index (Phi) is 6.39. The van der Waals surface area contributed by atoms with E-state index in [2.05, 4.69) is 10.6 Å². The Hall–Kier alpha value is -1.39. The molecule has 0 heterocycles. The van der Waals surface area contributed by atoms with Gasteiger partial charge in [-0.25, -0.2) is 0 Å². The highest BCUT2D eigenvalue weighted by molar-refractivity contribution is 5.92.